The fourth-order valence-electron chi connectivity index (χ4n) is 12.3. The van der Waals surface area contributed by atoms with Crippen LogP contribution in [-0.2, 0) is 10.8 Å². The molecule has 0 amide bonds. The topological polar surface area (TPSA) is 3.24 Å². The van der Waals surface area contributed by atoms with Crippen LogP contribution in [0.5, 0.6) is 0 Å². The molecule has 4 aliphatic rings. The molecule has 1 aromatic heterocycles. The molecule has 2 spiro atoms. The molecule has 0 fully saturated rings. The molecule has 1 nitrogen and oxygen atoms in total. The Balaban J connectivity index is 1.03. The van der Waals surface area contributed by atoms with Crippen molar-refractivity contribution in [3.63, 3.8) is 0 Å². The Hall–Kier alpha value is -7.08. The molecule has 0 saturated heterocycles. The molecule has 15 rings (SSSR count). The summed E-state index contributed by atoms with van der Waals surface area (Å²) in [5, 5.41) is 2.58. The van der Waals surface area contributed by atoms with Gasteiger partial charge in [-0.25, -0.2) is 0 Å². The highest BCUT2D eigenvalue weighted by molar-refractivity contribution is 7.99. The zero-order valence-electron chi connectivity index (χ0n) is 35.5. The van der Waals surface area contributed by atoms with Crippen molar-refractivity contribution in [1.29, 1.82) is 0 Å². The van der Waals surface area contributed by atoms with Crippen LogP contribution in [0.15, 0.2) is 244 Å². The highest BCUT2D eigenvalue weighted by atomic mass is 32.2. The van der Waals surface area contributed by atoms with E-state index in [-0.39, 0.29) is 0 Å². The molecule has 308 valence electrons. The second-order valence-corrected chi connectivity index (χ2v) is 21.1. The molecule has 10 aromatic carbocycles. The minimum absolute atomic E-state index is 0.443. The Morgan fingerprint density at radius 3 is 1.41 bits per heavy atom. The lowest BCUT2D eigenvalue weighted by molar-refractivity contribution is 0.722. The second kappa shape index (κ2) is 13.7. The molecular weight excluding hydrogens is 855 g/mol. The fourth-order valence-corrected chi connectivity index (χ4v) is 15.8. The smallest absolute Gasteiger partial charge is 0.0736 e. The van der Waals surface area contributed by atoms with Gasteiger partial charge in [0.15, 0.2) is 0 Å². The van der Waals surface area contributed by atoms with Gasteiger partial charge in [-0.05, 0) is 128 Å². The fraction of sp³-hybridized carbons (Fsp3) is 0.0323. The molecule has 0 bridgehead atoms. The summed E-state index contributed by atoms with van der Waals surface area (Å²) in [7, 11) is 0. The molecule has 0 saturated carbocycles. The molecule has 2 aliphatic heterocycles. The summed E-state index contributed by atoms with van der Waals surface area (Å²) in [5.41, 5.74) is 18.4. The van der Waals surface area contributed by atoms with E-state index in [4.69, 9.17) is 0 Å². The molecule has 3 heterocycles. The zero-order chi connectivity index (χ0) is 43.1. The van der Waals surface area contributed by atoms with Crippen molar-refractivity contribution in [2.45, 2.75) is 30.4 Å². The van der Waals surface area contributed by atoms with Crippen LogP contribution in [0.25, 0.3) is 42.4 Å². The minimum Gasteiger partial charge on any atom is -0.310 e. The van der Waals surface area contributed by atoms with E-state index in [0.717, 1.165) is 11.4 Å². The van der Waals surface area contributed by atoms with Crippen molar-refractivity contribution in [2.24, 2.45) is 0 Å². The molecule has 66 heavy (non-hydrogen) atoms. The Morgan fingerprint density at radius 1 is 0.303 bits per heavy atom. The van der Waals surface area contributed by atoms with Gasteiger partial charge in [0.2, 0.25) is 0 Å². The molecule has 2 aliphatic carbocycles. The van der Waals surface area contributed by atoms with Crippen molar-refractivity contribution in [3.8, 4) is 22.3 Å². The van der Waals surface area contributed by atoms with Gasteiger partial charge < -0.3 is 4.90 Å². The van der Waals surface area contributed by atoms with Gasteiger partial charge in [0.1, 0.15) is 0 Å². The van der Waals surface area contributed by atoms with Crippen LogP contribution in [0.3, 0.4) is 0 Å². The first-order chi connectivity index (χ1) is 32.7. The van der Waals surface area contributed by atoms with Crippen LogP contribution >= 0.6 is 34.9 Å². The molecule has 0 unspecified atom stereocenters. The van der Waals surface area contributed by atoms with E-state index >= 15 is 0 Å². The molecule has 4 heteroatoms. The summed E-state index contributed by atoms with van der Waals surface area (Å²) in [6, 6.07) is 85.2. The van der Waals surface area contributed by atoms with Gasteiger partial charge in [0, 0.05) is 56.7 Å². The summed E-state index contributed by atoms with van der Waals surface area (Å²) < 4.78 is 2.61. The number of fused-ring (bicyclic) bond motifs is 21. The van der Waals surface area contributed by atoms with Gasteiger partial charge in [-0.15, -0.1) is 11.3 Å². The van der Waals surface area contributed by atoms with Gasteiger partial charge >= 0.3 is 0 Å². The lowest BCUT2D eigenvalue weighted by Gasteiger charge is -2.40. The predicted molar refractivity (Wildman–Crippen MR) is 277 cm³/mol. The van der Waals surface area contributed by atoms with Crippen LogP contribution < -0.4 is 4.90 Å². The van der Waals surface area contributed by atoms with E-state index in [1.54, 1.807) is 0 Å². The number of rotatable bonds is 3. The van der Waals surface area contributed by atoms with Crippen LogP contribution in [-0.4, -0.2) is 0 Å². The minimum atomic E-state index is -0.484. The highest BCUT2D eigenvalue weighted by Crippen LogP contribution is 2.66. The van der Waals surface area contributed by atoms with Crippen LogP contribution in [0, 0.1) is 0 Å². The summed E-state index contributed by atoms with van der Waals surface area (Å²) >= 11 is 5.66. The monoisotopic (exact) mass is 891 g/mol. The SMILES string of the molecule is c1ccc2c(c1)Sc1ccccc1C21c2ccccc2-c2cc(N(c3ccc4sc5ccccc5c4c3)c3cccc4c3-c3ccccc3C43c4ccccc4Sc4ccccc43)ccc21. The standard InChI is InChI=1S/C62H37NS3/c1-4-19-45-40(16-1)43-36-38(32-34-47(43)61(45)48-21-6-11-28-56(48)65-57-29-12-7-22-49(57)61)63(39-33-35-55-44(37-39)41-17-3-10-27-54(41)64-55)53-26-15-25-52-60(53)42-18-2-5-20-46(42)62(52)50-23-8-13-30-58(50)66-59-31-14-9-24-51(59)62/h1-37H. The number of thiophene rings is 1. The quantitative estimate of drug-likeness (QED) is 0.174. The first-order valence-corrected chi connectivity index (χ1v) is 25.1. The van der Waals surface area contributed by atoms with E-state index in [1.165, 1.54) is 112 Å². The Bertz CT molecular complexity index is 3790. The van der Waals surface area contributed by atoms with Crippen molar-refractivity contribution in [2.75, 3.05) is 4.90 Å². The molecule has 0 atom stereocenters. The number of anilines is 3. The van der Waals surface area contributed by atoms with Gasteiger partial charge in [-0.3, -0.25) is 0 Å². The summed E-state index contributed by atoms with van der Waals surface area (Å²) in [4.78, 5) is 7.83. The summed E-state index contributed by atoms with van der Waals surface area (Å²) in [6.07, 6.45) is 0. The molecule has 0 N–H and O–H groups in total. The lowest BCUT2D eigenvalue weighted by Crippen LogP contribution is -2.32. The number of hydrogen-bond donors (Lipinski definition) is 0. The van der Waals surface area contributed by atoms with E-state index in [9.17, 15) is 0 Å². The normalized spacial score (nSPS) is 14.8. The van der Waals surface area contributed by atoms with Crippen molar-refractivity contribution < 1.29 is 0 Å². The van der Waals surface area contributed by atoms with Gasteiger partial charge in [0.25, 0.3) is 0 Å². The third-order valence-electron chi connectivity index (χ3n) is 14.8. The first kappa shape index (κ1) is 37.2. The Morgan fingerprint density at radius 2 is 0.758 bits per heavy atom. The summed E-state index contributed by atoms with van der Waals surface area (Å²) in [6.45, 7) is 0. The van der Waals surface area contributed by atoms with Gasteiger partial charge in [-0.1, -0.05) is 181 Å². The average Bonchev–Trinajstić information content (AvgIpc) is 4.00. The molecular formula is C62H37NS3. The largest absolute Gasteiger partial charge is 0.310 e. The number of hydrogen-bond acceptors (Lipinski definition) is 4. The number of benzene rings is 10. The maximum Gasteiger partial charge on any atom is 0.0736 e. The molecule has 11 aromatic rings. The first-order valence-electron chi connectivity index (χ1n) is 22.7. The van der Waals surface area contributed by atoms with Gasteiger partial charge in [0.05, 0.1) is 16.5 Å². The lowest BCUT2D eigenvalue weighted by atomic mass is 9.67. The Kier molecular flexibility index (Phi) is 7.73. The maximum absolute atomic E-state index is 2.57. The third-order valence-corrected chi connectivity index (χ3v) is 18.3. The maximum atomic E-state index is 2.57. The van der Waals surface area contributed by atoms with E-state index in [1.807, 2.05) is 34.9 Å². The predicted octanol–water partition coefficient (Wildman–Crippen LogP) is 17.2. The summed E-state index contributed by atoms with van der Waals surface area (Å²) in [5.74, 6) is 0. The molecule has 0 radical (unpaired) electrons. The van der Waals surface area contributed by atoms with Crippen molar-refractivity contribution in [1.82, 2.24) is 0 Å². The van der Waals surface area contributed by atoms with Crippen molar-refractivity contribution in [3.05, 3.63) is 269 Å². The third kappa shape index (κ3) is 4.73. The van der Waals surface area contributed by atoms with Crippen molar-refractivity contribution >= 4 is 72.1 Å². The number of nitrogens with zero attached hydrogens (tertiary/aromatic N) is 1. The second-order valence-electron chi connectivity index (χ2n) is 17.8. The zero-order valence-corrected chi connectivity index (χ0v) is 38.0. The average molecular weight is 892 g/mol. The van der Waals surface area contributed by atoms with Crippen LogP contribution in [0.2, 0.25) is 0 Å². The van der Waals surface area contributed by atoms with E-state index < -0.39 is 10.8 Å². The van der Waals surface area contributed by atoms with Crippen LogP contribution in [0.4, 0.5) is 17.1 Å². The van der Waals surface area contributed by atoms with E-state index in [2.05, 4.69) is 229 Å². The Labute approximate surface area is 396 Å². The van der Waals surface area contributed by atoms with E-state index in [0.29, 0.717) is 0 Å². The van der Waals surface area contributed by atoms with Crippen LogP contribution in [0.1, 0.15) is 44.5 Å². The highest BCUT2D eigenvalue weighted by Gasteiger charge is 2.52. The van der Waals surface area contributed by atoms with Gasteiger partial charge in [-0.2, -0.15) is 0 Å².